The van der Waals surface area contributed by atoms with Crippen molar-refractivity contribution in [2.45, 2.75) is 18.9 Å². The van der Waals surface area contributed by atoms with Crippen molar-refractivity contribution in [3.05, 3.63) is 0 Å². The molecule has 2 aliphatic heterocycles. The van der Waals surface area contributed by atoms with Crippen LogP contribution >= 0.6 is 0 Å². The molecule has 13 heavy (non-hydrogen) atoms. The van der Waals surface area contributed by atoms with Crippen LogP contribution in [-0.2, 0) is 9.53 Å². The molecule has 0 amide bonds. The average Bonchev–Trinajstić information content (AvgIpc) is 2.17. The van der Waals surface area contributed by atoms with E-state index in [1.54, 1.807) is 0 Å². The predicted molar refractivity (Wildman–Crippen MR) is 46.5 cm³/mol. The molecule has 4 nitrogen and oxygen atoms in total. The molecule has 2 N–H and O–H groups in total. The van der Waals surface area contributed by atoms with E-state index in [1.165, 1.54) is 0 Å². The highest BCUT2D eigenvalue weighted by Crippen LogP contribution is 2.26. The number of carbonyl (C=O) groups is 1. The van der Waals surface area contributed by atoms with Crippen molar-refractivity contribution in [3.63, 3.8) is 0 Å². The van der Waals surface area contributed by atoms with Gasteiger partial charge in [-0.1, -0.05) is 0 Å². The van der Waals surface area contributed by atoms with Gasteiger partial charge in [0, 0.05) is 19.2 Å². The number of piperidine rings is 1. The fourth-order valence-electron chi connectivity index (χ4n) is 2.23. The van der Waals surface area contributed by atoms with Crippen molar-refractivity contribution in [1.29, 1.82) is 0 Å². The molecule has 2 saturated heterocycles. The highest BCUT2D eigenvalue weighted by molar-refractivity contribution is 5.70. The molecule has 3 atom stereocenters. The van der Waals surface area contributed by atoms with Gasteiger partial charge >= 0.3 is 5.97 Å². The van der Waals surface area contributed by atoms with Gasteiger partial charge in [0.05, 0.1) is 12.5 Å². The fourth-order valence-corrected chi connectivity index (χ4v) is 2.23. The van der Waals surface area contributed by atoms with Gasteiger partial charge in [-0.3, -0.25) is 4.79 Å². The van der Waals surface area contributed by atoms with E-state index in [1.807, 2.05) is 0 Å². The van der Waals surface area contributed by atoms with Gasteiger partial charge in [0.15, 0.2) is 0 Å². The van der Waals surface area contributed by atoms with E-state index < -0.39 is 5.97 Å². The Morgan fingerprint density at radius 2 is 2.38 bits per heavy atom. The number of carboxylic acid groups (broad SMARTS) is 1. The molecule has 0 aromatic carbocycles. The first-order chi connectivity index (χ1) is 6.27. The molecule has 0 aromatic rings. The van der Waals surface area contributed by atoms with Gasteiger partial charge < -0.3 is 15.2 Å². The second-order valence-electron chi connectivity index (χ2n) is 3.91. The molecule has 0 saturated carbocycles. The van der Waals surface area contributed by atoms with Gasteiger partial charge in [-0.2, -0.15) is 0 Å². The summed E-state index contributed by atoms with van der Waals surface area (Å²) in [6.45, 7) is 2.16. The van der Waals surface area contributed by atoms with E-state index in [9.17, 15) is 4.79 Å². The van der Waals surface area contributed by atoms with E-state index in [0.29, 0.717) is 18.5 Å². The lowest BCUT2D eigenvalue weighted by Gasteiger charge is -2.38. The van der Waals surface area contributed by atoms with Crippen LogP contribution in [0.4, 0.5) is 0 Å². The summed E-state index contributed by atoms with van der Waals surface area (Å²) >= 11 is 0. The number of fused-ring (bicyclic) bond motifs is 1. The topological polar surface area (TPSA) is 58.6 Å². The van der Waals surface area contributed by atoms with Gasteiger partial charge in [-0.25, -0.2) is 0 Å². The zero-order chi connectivity index (χ0) is 9.26. The first-order valence-electron chi connectivity index (χ1n) is 4.81. The van der Waals surface area contributed by atoms with Crippen LogP contribution in [0.2, 0.25) is 0 Å². The van der Waals surface area contributed by atoms with Crippen LogP contribution in [0, 0.1) is 11.8 Å². The Kier molecular flexibility index (Phi) is 2.51. The van der Waals surface area contributed by atoms with E-state index >= 15 is 0 Å². The molecule has 2 fully saturated rings. The number of carboxylic acids is 1. The van der Waals surface area contributed by atoms with Gasteiger partial charge in [0.1, 0.15) is 0 Å². The Morgan fingerprint density at radius 3 is 3.15 bits per heavy atom. The summed E-state index contributed by atoms with van der Waals surface area (Å²) < 4.78 is 5.33. The van der Waals surface area contributed by atoms with Crippen molar-refractivity contribution in [1.82, 2.24) is 5.32 Å². The highest BCUT2D eigenvalue weighted by Gasteiger charge is 2.35. The molecule has 0 aromatic heterocycles. The van der Waals surface area contributed by atoms with Gasteiger partial charge in [-0.15, -0.1) is 0 Å². The molecule has 2 heterocycles. The maximum atomic E-state index is 10.7. The van der Waals surface area contributed by atoms with Crippen molar-refractivity contribution in [3.8, 4) is 0 Å². The average molecular weight is 185 g/mol. The van der Waals surface area contributed by atoms with Crippen molar-refractivity contribution in [2.75, 3.05) is 19.8 Å². The van der Waals surface area contributed by atoms with Gasteiger partial charge in [0.2, 0.25) is 0 Å². The largest absolute Gasteiger partial charge is 0.481 e. The zero-order valence-electron chi connectivity index (χ0n) is 7.53. The van der Waals surface area contributed by atoms with E-state index in [4.69, 9.17) is 9.84 Å². The maximum Gasteiger partial charge on any atom is 0.307 e. The van der Waals surface area contributed by atoms with Gasteiger partial charge in [-0.05, 0) is 18.8 Å². The summed E-state index contributed by atoms with van der Waals surface area (Å²) in [5.74, 6) is -0.497. The van der Waals surface area contributed by atoms with Crippen LogP contribution < -0.4 is 5.32 Å². The summed E-state index contributed by atoms with van der Waals surface area (Å²) in [4.78, 5) is 10.7. The third-order valence-corrected chi connectivity index (χ3v) is 3.04. The molecule has 0 bridgehead atoms. The maximum absolute atomic E-state index is 10.7. The molecule has 2 aliphatic rings. The Balaban J connectivity index is 1.95. The SMILES string of the molecule is O=C(O)C1CNC2CCOCC2C1. The summed E-state index contributed by atoms with van der Waals surface area (Å²) in [6.07, 6.45) is 1.80. The Bertz CT molecular complexity index is 207. The summed E-state index contributed by atoms with van der Waals surface area (Å²) in [5.41, 5.74) is 0. The molecule has 0 aliphatic carbocycles. The number of hydrogen-bond acceptors (Lipinski definition) is 3. The molecule has 2 rings (SSSR count). The molecule has 4 heteroatoms. The molecular weight excluding hydrogens is 170 g/mol. The van der Waals surface area contributed by atoms with Gasteiger partial charge in [0.25, 0.3) is 0 Å². The van der Waals surface area contributed by atoms with Crippen LogP contribution in [0.1, 0.15) is 12.8 Å². The number of nitrogens with one attached hydrogen (secondary N) is 1. The first kappa shape index (κ1) is 8.97. The van der Waals surface area contributed by atoms with Crippen LogP contribution in [0.5, 0.6) is 0 Å². The fraction of sp³-hybridized carbons (Fsp3) is 0.889. The van der Waals surface area contributed by atoms with E-state index in [2.05, 4.69) is 5.32 Å². The lowest BCUT2D eigenvalue weighted by Crippen LogP contribution is -2.51. The third-order valence-electron chi connectivity index (χ3n) is 3.04. The number of rotatable bonds is 1. The zero-order valence-corrected chi connectivity index (χ0v) is 7.53. The highest BCUT2D eigenvalue weighted by atomic mass is 16.5. The Hall–Kier alpha value is -0.610. The van der Waals surface area contributed by atoms with Crippen molar-refractivity contribution in [2.24, 2.45) is 11.8 Å². The minimum Gasteiger partial charge on any atom is -0.481 e. The quantitative estimate of drug-likeness (QED) is 0.607. The molecule has 0 radical (unpaired) electrons. The first-order valence-corrected chi connectivity index (χ1v) is 4.81. The standard InChI is InChI=1S/C9H15NO3/c11-9(12)6-3-7-5-13-2-1-8(7)10-4-6/h6-8,10H,1-5H2,(H,11,12). The number of ether oxygens (including phenoxy) is 1. The lowest BCUT2D eigenvalue weighted by molar-refractivity contribution is -0.144. The lowest BCUT2D eigenvalue weighted by atomic mass is 9.83. The Labute approximate surface area is 77.3 Å². The monoisotopic (exact) mass is 185 g/mol. The van der Waals surface area contributed by atoms with E-state index in [-0.39, 0.29) is 5.92 Å². The smallest absolute Gasteiger partial charge is 0.307 e. The molecule has 3 unspecified atom stereocenters. The predicted octanol–water partition coefficient (Wildman–Crippen LogP) is 0.0856. The summed E-state index contributed by atoms with van der Waals surface area (Å²) in [7, 11) is 0. The van der Waals surface area contributed by atoms with E-state index in [0.717, 1.165) is 26.1 Å². The van der Waals surface area contributed by atoms with Crippen LogP contribution in [0.25, 0.3) is 0 Å². The number of hydrogen-bond donors (Lipinski definition) is 2. The minimum absolute atomic E-state index is 0.219. The molecular formula is C9H15NO3. The minimum atomic E-state index is -0.684. The van der Waals surface area contributed by atoms with Crippen LogP contribution in [0.3, 0.4) is 0 Å². The summed E-state index contributed by atoms with van der Waals surface area (Å²) in [5, 5.41) is 12.1. The third kappa shape index (κ3) is 1.84. The summed E-state index contributed by atoms with van der Waals surface area (Å²) in [6, 6.07) is 0.490. The van der Waals surface area contributed by atoms with Crippen molar-refractivity contribution < 1.29 is 14.6 Å². The van der Waals surface area contributed by atoms with Crippen LogP contribution in [-0.4, -0.2) is 36.9 Å². The second kappa shape index (κ2) is 3.64. The molecule has 74 valence electrons. The normalized spacial score (nSPS) is 39.5. The second-order valence-corrected chi connectivity index (χ2v) is 3.91. The molecule has 0 spiro atoms. The van der Waals surface area contributed by atoms with Crippen molar-refractivity contribution >= 4 is 5.97 Å². The Morgan fingerprint density at radius 1 is 1.54 bits per heavy atom. The van der Waals surface area contributed by atoms with Crippen LogP contribution in [0.15, 0.2) is 0 Å². The number of aliphatic carboxylic acids is 1.